The Morgan fingerprint density at radius 3 is 2.72 bits per heavy atom. The Morgan fingerprint density at radius 1 is 1.50 bits per heavy atom. The predicted molar refractivity (Wildman–Crippen MR) is 94.5 cm³/mol. The first-order valence-electron chi connectivity index (χ1n) is 6.05. The number of nitrogens with one attached hydrogen (secondary N) is 2. The molecule has 18 heavy (non-hydrogen) atoms. The van der Waals surface area contributed by atoms with E-state index in [2.05, 4.69) is 36.1 Å². The van der Waals surface area contributed by atoms with Crippen molar-refractivity contribution in [1.29, 1.82) is 0 Å². The highest BCUT2D eigenvalue weighted by atomic mass is 127. The van der Waals surface area contributed by atoms with Crippen LogP contribution in [0.3, 0.4) is 0 Å². The van der Waals surface area contributed by atoms with Gasteiger partial charge in [-0.15, -0.1) is 24.0 Å². The summed E-state index contributed by atoms with van der Waals surface area (Å²) < 4.78 is 0.306. The highest BCUT2D eigenvalue weighted by Crippen LogP contribution is 2.37. The number of hydrogen-bond donors (Lipinski definition) is 2. The molecule has 0 amide bonds. The summed E-state index contributed by atoms with van der Waals surface area (Å²) >= 11 is 7.76. The van der Waals surface area contributed by atoms with Gasteiger partial charge in [-0.1, -0.05) is 18.2 Å². The van der Waals surface area contributed by atoms with Gasteiger partial charge in [-0.2, -0.15) is 11.8 Å². The number of rotatable bonds is 5. The van der Waals surface area contributed by atoms with Crippen LogP contribution in [0.25, 0.3) is 0 Å². The molecule has 0 bridgehead atoms. The molecule has 6 heteroatoms. The molecule has 1 aliphatic rings. The van der Waals surface area contributed by atoms with Crippen LogP contribution in [0.2, 0.25) is 0 Å². The lowest BCUT2D eigenvalue weighted by Crippen LogP contribution is -2.39. The minimum atomic E-state index is 0. The Bertz CT molecular complexity index is 291. The second-order valence-corrected chi connectivity index (χ2v) is 6.68. The van der Waals surface area contributed by atoms with Crippen LogP contribution in [0.4, 0.5) is 0 Å². The second kappa shape index (κ2) is 9.31. The molecule has 0 radical (unpaired) electrons. The fourth-order valence-corrected chi connectivity index (χ4v) is 3.02. The van der Waals surface area contributed by atoms with Crippen molar-refractivity contribution >= 4 is 53.3 Å². The van der Waals surface area contributed by atoms with E-state index in [4.69, 9.17) is 11.6 Å². The first-order chi connectivity index (χ1) is 8.06. The maximum Gasteiger partial charge on any atom is 0.191 e. The van der Waals surface area contributed by atoms with Gasteiger partial charge >= 0.3 is 0 Å². The molecule has 0 aromatic heterocycles. The average molecular weight is 404 g/mol. The van der Waals surface area contributed by atoms with Gasteiger partial charge in [-0.25, -0.2) is 0 Å². The van der Waals surface area contributed by atoms with Crippen molar-refractivity contribution in [2.24, 2.45) is 4.99 Å². The van der Waals surface area contributed by atoms with Crippen LogP contribution >= 0.6 is 47.3 Å². The maximum atomic E-state index is 5.73. The molecule has 106 valence electrons. The van der Waals surface area contributed by atoms with E-state index in [1.165, 1.54) is 18.6 Å². The number of hydrogen-bond acceptors (Lipinski definition) is 2. The number of thioether (sulfide) groups is 1. The fourth-order valence-electron chi connectivity index (χ4n) is 1.73. The smallest absolute Gasteiger partial charge is 0.191 e. The lowest BCUT2D eigenvalue weighted by molar-refractivity contribution is 0.615. The van der Waals surface area contributed by atoms with Crippen LogP contribution in [-0.4, -0.2) is 36.1 Å². The van der Waals surface area contributed by atoms with Crippen LogP contribution < -0.4 is 10.6 Å². The number of guanidine groups is 1. The number of nitrogens with zero attached hydrogens (tertiary/aromatic N) is 1. The summed E-state index contributed by atoms with van der Waals surface area (Å²) in [6, 6.07) is 0. The van der Waals surface area contributed by atoms with Crippen LogP contribution in [0.15, 0.2) is 16.6 Å². The summed E-state index contributed by atoms with van der Waals surface area (Å²) in [6.45, 7) is 10.3. The van der Waals surface area contributed by atoms with E-state index >= 15 is 0 Å². The molecular formula is C12H23ClIN3S. The highest BCUT2D eigenvalue weighted by molar-refractivity contribution is 14.0. The molecule has 0 aliphatic carbocycles. The fraction of sp³-hybridized carbons (Fsp3) is 0.750. The lowest BCUT2D eigenvalue weighted by atomic mass is 10.1. The predicted octanol–water partition coefficient (Wildman–Crippen LogP) is 3.20. The zero-order valence-electron chi connectivity index (χ0n) is 11.1. The molecular weight excluding hydrogens is 381 g/mol. The maximum absolute atomic E-state index is 5.73. The molecule has 1 rings (SSSR count). The first kappa shape index (κ1) is 18.4. The quantitative estimate of drug-likeness (QED) is 0.420. The largest absolute Gasteiger partial charge is 0.357 e. The van der Waals surface area contributed by atoms with Crippen LogP contribution in [0.1, 0.15) is 26.7 Å². The SMILES string of the molecule is C=C(Cl)CNC(=NCC1(C)CCCS1)NCC.I. The lowest BCUT2D eigenvalue weighted by Gasteiger charge is -2.20. The van der Waals surface area contributed by atoms with Crippen molar-refractivity contribution in [1.82, 2.24) is 10.6 Å². The Hall–Kier alpha value is 0.380. The number of aliphatic imine (C=N–C) groups is 1. The third-order valence-corrected chi connectivity index (χ3v) is 4.32. The second-order valence-electron chi connectivity index (χ2n) is 4.47. The van der Waals surface area contributed by atoms with E-state index < -0.39 is 0 Å². The van der Waals surface area contributed by atoms with E-state index in [0.29, 0.717) is 16.3 Å². The Kier molecular flexibility index (Phi) is 9.51. The Morgan fingerprint density at radius 2 is 2.22 bits per heavy atom. The molecule has 1 unspecified atom stereocenters. The van der Waals surface area contributed by atoms with Crippen molar-refractivity contribution in [3.05, 3.63) is 11.6 Å². The van der Waals surface area contributed by atoms with E-state index in [9.17, 15) is 0 Å². The monoisotopic (exact) mass is 403 g/mol. The zero-order chi connectivity index (χ0) is 12.7. The van der Waals surface area contributed by atoms with Crippen LogP contribution in [0, 0.1) is 0 Å². The van der Waals surface area contributed by atoms with Crippen molar-refractivity contribution in [3.8, 4) is 0 Å². The molecule has 1 saturated heterocycles. The van der Waals surface area contributed by atoms with E-state index in [0.717, 1.165) is 19.0 Å². The summed E-state index contributed by atoms with van der Waals surface area (Å²) in [7, 11) is 0. The van der Waals surface area contributed by atoms with Crippen LogP contribution in [0.5, 0.6) is 0 Å². The molecule has 1 fully saturated rings. The van der Waals surface area contributed by atoms with Gasteiger partial charge in [0.25, 0.3) is 0 Å². The summed E-state index contributed by atoms with van der Waals surface area (Å²) in [5.74, 6) is 2.08. The van der Waals surface area contributed by atoms with Crippen molar-refractivity contribution in [2.75, 3.05) is 25.4 Å². The molecule has 1 heterocycles. The van der Waals surface area contributed by atoms with E-state index in [1.54, 1.807) is 0 Å². The minimum absolute atomic E-state index is 0. The van der Waals surface area contributed by atoms with Crippen molar-refractivity contribution < 1.29 is 0 Å². The van der Waals surface area contributed by atoms with Gasteiger partial charge < -0.3 is 10.6 Å². The summed E-state index contributed by atoms with van der Waals surface area (Å²) in [5.41, 5.74) is 0. The molecule has 1 aliphatic heterocycles. The highest BCUT2D eigenvalue weighted by Gasteiger charge is 2.29. The van der Waals surface area contributed by atoms with Gasteiger partial charge in [0.2, 0.25) is 0 Å². The molecule has 0 saturated carbocycles. The van der Waals surface area contributed by atoms with Gasteiger partial charge in [-0.3, -0.25) is 4.99 Å². The Balaban J connectivity index is 0.00000289. The van der Waals surface area contributed by atoms with Gasteiger partial charge in [0.1, 0.15) is 0 Å². The molecule has 0 aromatic carbocycles. The third kappa shape index (κ3) is 7.09. The van der Waals surface area contributed by atoms with Crippen molar-refractivity contribution in [2.45, 2.75) is 31.4 Å². The summed E-state index contributed by atoms with van der Waals surface area (Å²) in [6.07, 6.45) is 2.56. The van der Waals surface area contributed by atoms with E-state index in [1.807, 2.05) is 11.8 Å². The van der Waals surface area contributed by atoms with Crippen LogP contribution in [-0.2, 0) is 0 Å². The third-order valence-electron chi connectivity index (χ3n) is 2.66. The molecule has 2 N–H and O–H groups in total. The molecule has 3 nitrogen and oxygen atoms in total. The topological polar surface area (TPSA) is 36.4 Å². The standard InChI is InChI=1S/C12H22ClN3S.HI/c1-4-14-11(15-8-10(2)13)16-9-12(3)6-5-7-17-12;/h2,4-9H2,1,3H3,(H2,14,15,16);1H. The number of halogens is 2. The molecule has 0 spiro atoms. The summed E-state index contributed by atoms with van der Waals surface area (Å²) in [4.78, 5) is 4.61. The van der Waals surface area contributed by atoms with Gasteiger partial charge in [0.05, 0.1) is 13.1 Å². The van der Waals surface area contributed by atoms with Gasteiger partial charge in [-0.05, 0) is 32.4 Å². The van der Waals surface area contributed by atoms with Gasteiger partial charge in [0, 0.05) is 16.3 Å². The minimum Gasteiger partial charge on any atom is -0.357 e. The van der Waals surface area contributed by atoms with Gasteiger partial charge in [0.15, 0.2) is 5.96 Å². The summed E-state index contributed by atoms with van der Waals surface area (Å²) in [5, 5.41) is 6.96. The molecule has 1 atom stereocenters. The Labute approximate surface area is 137 Å². The normalized spacial score (nSPS) is 23.4. The van der Waals surface area contributed by atoms with Crippen molar-refractivity contribution in [3.63, 3.8) is 0 Å². The van der Waals surface area contributed by atoms with E-state index in [-0.39, 0.29) is 24.0 Å². The first-order valence-corrected chi connectivity index (χ1v) is 7.41. The molecule has 0 aromatic rings. The zero-order valence-corrected chi connectivity index (χ0v) is 15.0. The average Bonchev–Trinajstić information content (AvgIpc) is 2.70.